The molecule has 0 spiro atoms. The van der Waals surface area contributed by atoms with Gasteiger partial charge in [-0.05, 0) is 12.8 Å². The summed E-state index contributed by atoms with van der Waals surface area (Å²) in [6.45, 7) is 0.881. The van der Waals surface area contributed by atoms with Gasteiger partial charge in [0.15, 0.2) is 5.75 Å². The van der Waals surface area contributed by atoms with Gasteiger partial charge < -0.3 is 15.2 Å². The molecule has 1 aromatic rings. The first-order chi connectivity index (χ1) is 8.11. The molecule has 1 aliphatic heterocycles. The van der Waals surface area contributed by atoms with Crippen LogP contribution in [0.1, 0.15) is 12.8 Å². The highest BCUT2D eigenvalue weighted by Gasteiger charge is 2.28. The number of nitro benzene ring substituents is 1. The molecule has 0 bridgehead atoms. The lowest BCUT2D eigenvalue weighted by Gasteiger charge is -2.17. The van der Waals surface area contributed by atoms with Crippen LogP contribution in [0.25, 0.3) is 0 Å². The van der Waals surface area contributed by atoms with Gasteiger partial charge >= 0.3 is 5.69 Å². The minimum absolute atomic E-state index is 0.0638. The Kier molecular flexibility index (Phi) is 3.23. The topological polar surface area (TPSA) is 87.6 Å². The summed E-state index contributed by atoms with van der Waals surface area (Å²) in [5.74, 6) is 0.340. The number of nitrogens with zero attached hydrogens (tertiary/aromatic N) is 1. The van der Waals surface area contributed by atoms with Crippen molar-refractivity contribution in [1.82, 2.24) is 0 Å². The van der Waals surface area contributed by atoms with Gasteiger partial charge in [0.25, 0.3) is 0 Å². The molecule has 1 aliphatic rings. The minimum Gasteiger partial charge on any atom is -0.489 e. The average molecular weight is 259 g/mol. The molecule has 0 saturated carbocycles. The van der Waals surface area contributed by atoms with E-state index in [1.807, 2.05) is 0 Å². The summed E-state index contributed by atoms with van der Waals surface area (Å²) in [7, 11) is 0. The van der Waals surface area contributed by atoms with Crippen molar-refractivity contribution in [2.24, 2.45) is 0 Å². The largest absolute Gasteiger partial charge is 0.489 e. The van der Waals surface area contributed by atoms with Crippen molar-refractivity contribution >= 4 is 23.0 Å². The van der Waals surface area contributed by atoms with Crippen molar-refractivity contribution < 1.29 is 14.4 Å². The summed E-state index contributed by atoms with van der Waals surface area (Å²) in [5.41, 5.74) is 5.38. The lowest BCUT2D eigenvalue weighted by Crippen LogP contribution is -2.10. The van der Waals surface area contributed by atoms with E-state index in [1.165, 1.54) is 6.07 Å². The molecule has 0 amide bonds. The summed E-state index contributed by atoms with van der Waals surface area (Å²) in [6, 6.07) is 1.45. The number of rotatable bonds is 1. The molecular weight excluding hydrogens is 248 g/mol. The highest BCUT2D eigenvalue weighted by atomic mass is 35.5. The Morgan fingerprint density at radius 2 is 2.00 bits per heavy atom. The molecule has 0 unspecified atom stereocenters. The normalized spacial score (nSPS) is 14.9. The van der Waals surface area contributed by atoms with Crippen LogP contribution < -0.4 is 15.2 Å². The third-order valence-corrected chi connectivity index (χ3v) is 2.81. The fourth-order valence-electron chi connectivity index (χ4n) is 1.59. The van der Waals surface area contributed by atoms with Gasteiger partial charge in [-0.3, -0.25) is 10.1 Å². The molecule has 17 heavy (non-hydrogen) atoms. The van der Waals surface area contributed by atoms with Gasteiger partial charge in [0.05, 0.1) is 23.8 Å². The van der Waals surface area contributed by atoms with Crippen molar-refractivity contribution in [2.75, 3.05) is 18.9 Å². The van der Waals surface area contributed by atoms with E-state index < -0.39 is 4.92 Å². The number of nitrogens with two attached hydrogens (primary N) is 1. The Labute approximate surface area is 102 Å². The van der Waals surface area contributed by atoms with Crippen LogP contribution in [0, 0.1) is 10.1 Å². The second-order valence-corrected chi connectivity index (χ2v) is 3.99. The number of nitrogen functional groups attached to an aromatic ring is 1. The van der Waals surface area contributed by atoms with Crippen LogP contribution in [0.4, 0.5) is 11.4 Å². The summed E-state index contributed by atoms with van der Waals surface area (Å²) in [4.78, 5) is 10.4. The summed E-state index contributed by atoms with van der Waals surface area (Å²) < 4.78 is 10.7. The SMILES string of the molecule is Nc1cc2c(c([N+](=O)[O-])c1Cl)OCCCCO2. The van der Waals surface area contributed by atoms with Crippen LogP contribution in [-0.2, 0) is 0 Å². The van der Waals surface area contributed by atoms with Gasteiger partial charge in [-0.2, -0.15) is 0 Å². The Bertz CT molecular complexity index is 464. The van der Waals surface area contributed by atoms with Crippen LogP contribution in [0.3, 0.4) is 0 Å². The molecule has 1 aromatic carbocycles. The molecule has 7 heteroatoms. The third-order valence-electron chi connectivity index (χ3n) is 2.41. The maximum absolute atomic E-state index is 11.0. The van der Waals surface area contributed by atoms with Gasteiger partial charge in [-0.15, -0.1) is 0 Å². The van der Waals surface area contributed by atoms with Gasteiger partial charge in [0.2, 0.25) is 5.75 Å². The zero-order valence-electron chi connectivity index (χ0n) is 8.94. The summed E-state index contributed by atoms with van der Waals surface area (Å²) >= 11 is 5.82. The lowest BCUT2D eigenvalue weighted by atomic mass is 10.2. The van der Waals surface area contributed by atoms with Crippen LogP contribution in [0.5, 0.6) is 11.5 Å². The van der Waals surface area contributed by atoms with E-state index >= 15 is 0 Å². The first-order valence-electron chi connectivity index (χ1n) is 5.13. The molecule has 0 fully saturated rings. The van der Waals surface area contributed by atoms with E-state index in [-0.39, 0.29) is 27.9 Å². The Hall–Kier alpha value is -1.69. The molecule has 0 atom stereocenters. The van der Waals surface area contributed by atoms with Gasteiger partial charge in [-0.1, -0.05) is 11.6 Å². The Balaban J connectivity index is 2.59. The first-order valence-corrected chi connectivity index (χ1v) is 5.51. The number of halogens is 1. The standard InChI is InChI=1S/C10H11ClN2O4/c11-8-6(12)5-7-10(9(8)13(14)15)17-4-2-1-3-16-7/h5H,1-4,12H2. The smallest absolute Gasteiger partial charge is 0.335 e. The van der Waals surface area contributed by atoms with Crippen molar-refractivity contribution in [3.05, 3.63) is 21.2 Å². The number of fused-ring (bicyclic) bond motifs is 1. The quantitative estimate of drug-likeness (QED) is 0.475. The monoisotopic (exact) mass is 258 g/mol. The second-order valence-electron chi connectivity index (χ2n) is 3.62. The minimum atomic E-state index is -0.609. The Morgan fingerprint density at radius 1 is 1.35 bits per heavy atom. The molecule has 0 aromatic heterocycles. The molecule has 2 N–H and O–H groups in total. The molecule has 2 rings (SSSR count). The number of nitro groups is 1. The van der Waals surface area contributed by atoms with Crippen molar-refractivity contribution in [2.45, 2.75) is 12.8 Å². The van der Waals surface area contributed by atoms with Gasteiger partial charge in [-0.25, -0.2) is 0 Å². The van der Waals surface area contributed by atoms with E-state index in [2.05, 4.69) is 0 Å². The number of hydrogen-bond acceptors (Lipinski definition) is 5. The molecular formula is C10H11ClN2O4. The third kappa shape index (κ3) is 2.21. The zero-order valence-corrected chi connectivity index (χ0v) is 9.70. The predicted octanol–water partition coefficient (Wildman–Crippen LogP) is 2.38. The maximum atomic E-state index is 11.0. The van der Waals surface area contributed by atoms with E-state index in [9.17, 15) is 10.1 Å². The van der Waals surface area contributed by atoms with E-state index in [0.717, 1.165) is 12.8 Å². The molecule has 0 radical (unpaired) electrons. The number of hydrogen-bond donors (Lipinski definition) is 1. The highest BCUT2D eigenvalue weighted by Crippen LogP contribution is 2.46. The Morgan fingerprint density at radius 3 is 2.65 bits per heavy atom. The number of ether oxygens (including phenoxy) is 2. The van der Waals surface area contributed by atoms with Crippen LogP contribution >= 0.6 is 11.6 Å². The fourth-order valence-corrected chi connectivity index (χ4v) is 1.80. The predicted molar refractivity (Wildman–Crippen MR) is 62.7 cm³/mol. The van der Waals surface area contributed by atoms with Crippen molar-refractivity contribution in [3.8, 4) is 11.5 Å². The summed E-state index contributed by atoms with van der Waals surface area (Å²) in [5, 5.41) is 10.9. The average Bonchev–Trinajstić information content (AvgIpc) is 2.24. The maximum Gasteiger partial charge on any atom is 0.335 e. The molecule has 92 valence electrons. The van der Waals surface area contributed by atoms with Gasteiger partial charge in [0, 0.05) is 6.07 Å². The second kappa shape index (κ2) is 4.67. The zero-order chi connectivity index (χ0) is 12.4. The fraction of sp³-hybridized carbons (Fsp3) is 0.400. The number of benzene rings is 1. The summed E-state index contributed by atoms with van der Waals surface area (Å²) in [6.07, 6.45) is 1.61. The lowest BCUT2D eigenvalue weighted by molar-refractivity contribution is -0.385. The van der Waals surface area contributed by atoms with Crippen molar-refractivity contribution in [3.63, 3.8) is 0 Å². The van der Waals surface area contributed by atoms with Crippen molar-refractivity contribution in [1.29, 1.82) is 0 Å². The van der Waals surface area contributed by atoms with Crippen LogP contribution in [-0.4, -0.2) is 18.1 Å². The van der Waals surface area contributed by atoms with Crippen LogP contribution in [0.2, 0.25) is 5.02 Å². The van der Waals surface area contributed by atoms with E-state index in [0.29, 0.717) is 13.2 Å². The number of anilines is 1. The first kappa shape index (κ1) is 11.8. The highest BCUT2D eigenvalue weighted by molar-refractivity contribution is 6.35. The molecule has 0 aliphatic carbocycles. The van der Waals surface area contributed by atoms with Crippen LogP contribution in [0.15, 0.2) is 6.07 Å². The van der Waals surface area contributed by atoms with Gasteiger partial charge in [0.1, 0.15) is 5.02 Å². The molecule has 1 heterocycles. The molecule has 6 nitrogen and oxygen atoms in total. The van der Waals surface area contributed by atoms with E-state index in [1.54, 1.807) is 0 Å². The molecule has 0 saturated heterocycles. The van der Waals surface area contributed by atoms with E-state index in [4.69, 9.17) is 26.8 Å².